The number of ketones is 1. The largest absolute Gasteiger partial charge is 0.469 e. The number of Topliss-reactive ketones (excluding diaryl/α,β-unsaturated/α-hetero) is 1. The summed E-state index contributed by atoms with van der Waals surface area (Å²) >= 11 is 0. The van der Waals surface area contributed by atoms with Crippen LogP contribution in [-0.2, 0) is 14.3 Å². The SMILES string of the molecule is CCCCCC#CCCC(=O)CCCCCCCC(=O)OC. The number of rotatable bonds is 13. The Morgan fingerprint density at radius 1 is 0.773 bits per heavy atom. The predicted octanol–water partition coefficient (Wildman–Crippen LogP) is 4.82. The first-order valence-corrected chi connectivity index (χ1v) is 8.75. The van der Waals surface area contributed by atoms with Crippen molar-refractivity contribution in [2.45, 2.75) is 90.4 Å². The molecule has 0 rings (SSSR count). The van der Waals surface area contributed by atoms with Gasteiger partial charge in [-0.25, -0.2) is 0 Å². The average Bonchev–Trinajstić information content (AvgIpc) is 2.52. The molecule has 0 aliphatic carbocycles. The van der Waals surface area contributed by atoms with E-state index in [-0.39, 0.29) is 5.97 Å². The molecule has 0 radical (unpaired) electrons. The lowest BCUT2D eigenvalue weighted by Gasteiger charge is -2.01. The lowest BCUT2D eigenvalue weighted by molar-refractivity contribution is -0.140. The number of esters is 1. The summed E-state index contributed by atoms with van der Waals surface area (Å²) in [6.07, 6.45) is 12.1. The Bertz CT molecular complexity index is 349. The van der Waals surface area contributed by atoms with Crippen LogP contribution in [0.5, 0.6) is 0 Å². The fraction of sp³-hybridized carbons (Fsp3) is 0.789. The molecule has 0 aromatic heterocycles. The molecule has 0 bridgehead atoms. The van der Waals surface area contributed by atoms with Gasteiger partial charge in [0.1, 0.15) is 5.78 Å². The summed E-state index contributed by atoms with van der Waals surface area (Å²) in [7, 11) is 1.42. The van der Waals surface area contributed by atoms with Gasteiger partial charge in [-0.3, -0.25) is 9.59 Å². The summed E-state index contributed by atoms with van der Waals surface area (Å²) in [6.45, 7) is 2.19. The van der Waals surface area contributed by atoms with Crippen LogP contribution in [0.25, 0.3) is 0 Å². The van der Waals surface area contributed by atoms with Gasteiger partial charge in [0.2, 0.25) is 0 Å². The van der Waals surface area contributed by atoms with Gasteiger partial charge >= 0.3 is 5.97 Å². The van der Waals surface area contributed by atoms with Crippen molar-refractivity contribution >= 4 is 11.8 Å². The molecule has 0 aliphatic rings. The number of ether oxygens (including phenoxy) is 1. The fourth-order valence-electron chi connectivity index (χ4n) is 2.19. The Labute approximate surface area is 136 Å². The molecule has 0 aliphatic heterocycles. The molecule has 0 N–H and O–H groups in total. The highest BCUT2D eigenvalue weighted by molar-refractivity contribution is 5.78. The van der Waals surface area contributed by atoms with E-state index in [1.54, 1.807) is 0 Å². The van der Waals surface area contributed by atoms with Gasteiger partial charge in [0.25, 0.3) is 0 Å². The molecule has 0 unspecified atom stereocenters. The minimum absolute atomic E-state index is 0.133. The van der Waals surface area contributed by atoms with Crippen molar-refractivity contribution in [3.8, 4) is 11.8 Å². The first-order chi connectivity index (χ1) is 10.7. The van der Waals surface area contributed by atoms with Gasteiger partial charge in [-0.15, -0.1) is 11.8 Å². The van der Waals surface area contributed by atoms with Crippen LogP contribution in [0.15, 0.2) is 0 Å². The Balaban J connectivity index is 3.34. The van der Waals surface area contributed by atoms with E-state index in [1.807, 2.05) is 0 Å². The third-order valence-corrected chi connectivity index (χ3v) is 3.62. The maximum atomic E-state index is 11.7. The summed E-state index contributed by atoms with van der Waals surface area (Å²) in [5.74, 6) is 6.43. The third kappa shape index (κ3) is 15.1. The smallest absolute Gasteiger partial charge is 0.305 e. The maximum absolute atomic E-state index is 11.7. The van der Waals surface area contributed by atoms with Crippen LogP contribution in [0, 0.1) is 11.8 Å². The molecular weight excluding hydrogens is 276 g/mol. The second kappa shape index (κ2) is 16.1. The van der Waals surface area contributed by atoms with Crippen molar-refractivity contribution in [2.24, 2.45) is 0 Å². The quantitative estimate of drug-likeness (QED) is 0.278. The summed E-state index contributed by atoms with van der Waals surface area (Å²) in [6, 6.07) is 0. The fourth-order valence-corrected chi connectivity index (χ4v) is 2.19. The van der Waals surface area contributed by atoms with Crippen LogP contribution < -0.4 is 0 Å². The summed E-state index contributed by atoms with van der Waals surface area (Å²) in [5, 5.41) is 0. The second-order valence-electron chi connectivity index (χ2n) is 5.69. The topological polar surface area (TPSA) is 43.4 Å². The highest BCUT2D eigenvalue weighted by Crippen LogP contribution is 2.09. The van der Waals surface area contributed by atoms with E-state index in [9.17, 15) is 9.59 Å². The molecule has 0 saturated heterocycles. The summed E-state index contributed by atoms with van der Waals surface area (Å²) in [5.41, 5.74) is 0. The van der Waals surface area contributed by atoms with Gasteiger partial charge in [-0.1, -0.05) is 39.0 Å². The van der Waals surface area contributed by atoms with Crippen LogP contribution in [0.3, 0.4) is 0 Å². The van der Waals surface area contributed by atoms with E-state index in [0.29, 0.717) is 31.5 Å². The minimum atomic E-state index is -0.133. The third-order valence-electron chi connectivity index (χ3n) is 3.62. The van der Waals surface area contributed by atoms with Gasteiger partial charge < -0.3 is 4.74 Å². The molecule has 0 amide bonds. The molecule has 0 aromatic rings. The number of unbranched alkanes of at least 4 members (excludes halogenated alkanes) is 7. The number of carbonyl (C=O) groups excluding carboxylic acids is 2. The second-order valence-corrected chi connectivity index (χ2v) is 5.69. The van der Waals surface area contributed by atoms with Crippen LogP contribution in [0.2, 0.25) is 0 Å². The molecule has 0 heterocycles. The number of hydrogen-bond donors (Lipinski definition) is 0. The van der Waals surface area contributed by atoms with E-state index in [4.69, 9.17) is 0 Å². The molecular formula is C19H32O3. The van der Waals surface area contributed by atoms with Crippen molar-refractivity contribution < 1.29 is 14.3 Å². The Morgan fingerprint density at radius 2 is 1.41 bits per heavy atom. The van der Waals surface area contributed by atoms with Gasteiger partial charge in [-0.2, -0.15) is 0 Å². The van der Waals surface area contributed by atoms with Crippen molar-refractivity contribution in [3.63, 3.8) is 0 Å². The molecule has 126 valence electrons. The van der Waals surface area contributed by atoms with Gasteiger partial charge in [-0.05, 0) is 19.3 Å². The number of carbonyl (C=O) groups is 2. The molecule has 22 heavy (non-hydrogen) atoms. The first-order valence-electron chi connectivity index (χ1n) is 8.75. The Hall–Kier alpha value is -1.30. The van der Waals surface area contributed by atoms with Gasteiger partial charge in [0.15, 0.2) is 0 Å². The average molecular weight is 308 g/mol. The zero-order chi connectivity index (χ0) is 16.5. The summed E-state index contributed by atoms with van der Waals surface area (Å²) < 4.78 is 4.59. The zero-order valence-electron chi connectivity index (χ0n) is 14.4. The number of hydrogen-bond acceptors (Lipinski definition) is 3. The molecule has 0 atom stereocenters. The minimum Gasteiger partial charge on any atom is -0.469 e. The van der Waals surface area contributed by atoms with E-state index < -0.39 is 0 Å². The van der Waals surface area contributed by atoms with Crippen molar-refractivity contribution in [2.75, 3.05) is 7.11 Å². The van der Waals surface area contributed by atoms with Crippen LogP contribution in [0.1, 0.15) is 90.4 Å². The predicted molar refractivity (Wildman–Crippen MR) is 90.5 cm³/mol. The summed E-state index contributed by atoms with van der Waals surface area (Å²) in [4.78, 5) is 22.6. The molecule has 3 heteroatoms. The van der Waals surface area contributed by atoms with E-state index in [1.165, 1.54) is 26.4 Å². The first kappa shape index (κ1) is 20.7. The number of methoxy groups -OCH3 is 1. The molecule has 0 fully saturated rings. The highest BCUT2D eigenvalue weighted by atomic mass is 16.5. The lowest BCUT2D eigenvalue weighted by Crippen LogP contribution is -1.99. The Kier molecular flexibility index (Phi) is 15.1. The zero-order valence-corrected chi connectivity index (χ0v) is 14.4. The monoisotopic (exact) mass is 308 g/mol. The van der Waals surface area contributed by atoms with Gasteiger partial charge in [0.05, 0.1) is 7.11 Å². The van der Waals surface area contributed by atoms with Crippen molar-refractivity contribution in [1.29, 1.82) is 0 Å². The van der Waals surface area contributed by atoms with Crippen molar-refractivity contribution in [1.82, 2.24) is 0 Å². The lowest BCUT2D eigenvalue weighted by atomic mass is 10.1. The molecule has 0 aromatic carbocycles. The van der Waals surface area contributed by atoms with E-state index in [0.717, 1.165) is 38.5 Å². The maximum Gasteiger partial charge on any atom is 0.305 e. The molecule has 3 nitrogen and oxygen atoms in total. The normalized spacial score (nSPS) is 9.91. The highest BCUT2D eigenvalue weighted by Gasteiger charge is 2.02. The standard InChI is InChI=1S/C19H32O3/c1-3-4-5-6-7-9-12-15-18(20)16-13-10-8-11-14-17-19(21)22-2/h3-6,8,10-17H2,1-2H3. The van der Waals surface area contributed by atoms with Gasteiger partial charge in [0, 0.05) is 32.1 Å². The van der Waals surface area contributed by atoms with Crippen LogP contribution in [-0.4, -0.2) is 18.9 Å². The molecule has 0 saturated carbocycles. The van der Waals surface area contributed by atoms with Crippen LogP contribution in [0.4, 0.5) is 0 Å². The molecule has 0 spiro atoms. The van der Waals surface area contributed by atoms with E-state index in [2.05, 4.69) is 23.5 Å². The van der Waals surface area contributed by atoms with E-state index >= 15 is 0 Å². The Morgan fingerprint density at radius 3 is 2.09 bits per heavy atom. The van der Waals surface area contributed by atoms with Crippen molar-refractivity contribution in [3.05, 3.63) is 0 Å². The van der Waals surface area contributed by atoms with Crippen LogP contribution >= 0.6 is 0 Å².